The van der Waals surface area contributed by atoms with Crippen LogP contribution in [0.15, 0.2) is 0 Å². The number of aliphatic hydroxyl groups excluding tert-OH is 1. The zero-order valence-corrected chi connectivity index (χ0v) is 6.65. The molecule has 0 rings (SSSR count). The molecular formula is C7H18NO+. The summed E-state index contributed by atoms with van der Waals surface area (Å²) in [6, 6.07) is 0. The summed E-state index contributed by atoms with van der Waals surface area (Å²) < 4.78 is 0. The van der Waals surface area contributed by atoms with Crippen molar-refractivity contribution in [3.63, 3.8) is 0 Å². The molecule has 0 heterocycles. The second kappa shape index (κ2) is 4.77. The van der Waals surface area contributed by atoms with Crippen LogP contribution in [0.1, 0.15) is 19.8 Å². The van der Waals surface area contributed by atoms with E-state index in [1.807, 2.05) is 0 Å². The Balaban J connectivity index is 3.15. The minimum Gasteiger partial charge on any atom is -0.387 e. The Morgan fingerprint density at radius 1 is 1.44 bits per heavy atom. The van der Waals surface area contributed by atoms with Crippen molar-refractivity contribution in [3.8, 4) is 0 Å². The van der Waals surface area contributed by atoms with Crippen molar-refractivity contribution < 1.29 is 10.0 Å². The van der Waals surface area contributed by atoms with E-state index in [9.17, 15) is 5.11 Å². The van der Waals surface area contributed by atoms with Crippen molar-refractivity contribution in [2.75, 3.05) is 20.6 Å². The Bertz CT molecular complexity index is 63.9. The van der Waals surface area contributed by atoms with Gasteiger partial charge in [-0.1, -0.05) is 13.3 Å². The van der Waals surface area contributed by atoms with Crippen molar-refractivity contribution in [3.05, 3.63) is 0 Å². The Morgan fingerprint density at radius 2 is 2.00 bits per heavy atom. The maximum Gasteiger partial charge on any atom is 0.103 e. The third kappa shape index (κ3) is 5.80. The highest BCUT2D eigenvalue weighted by atomic mass is 16.3. The van der Waals surface area contributed by atoms with Crippen LogP contribution >= 0.6 is 0 Å². The molecule has 0 aliphatic rings. The van der Waals surface area contributed by atoms with E-state index in [1.165, 1.54) is 4.90 Å². The normalized spacial score (nSPS) is 14.3. The van der Waals surface area contributed by atoms with Crippen LogP contribution in [0.4, 0.5) is 0 Å². The smallest absolute Gasteiger partial charge is 0.103 e. The van der Waals surface area contributed by atoms with Gasteiger partial charge >= 0.3 is 0 Å². The van der Waals surface area contributed by atoms with Gasteiger partial charge in [-0.15, -0.1) is 0 Å². The molecule has 0 aromatic heterocycles. The minimum absolute atomic E-state index is 0.0972. The van der Waals surface area contributed by atoms with Crippen LogP contribution in [0.3, 0.4) is 0 Å². The first-order valence-corrected chi connectivity index (χ1v) is 3.64. The maximum atomic E-state index is 9.20. The molecule has 0 amide bonds. The van der Waals surface area contributed by atoms with Crippen molar-refractivity contribution in [1.29, 1.82) is 0 Å². The molecule has 2 nitrogen and oxygen atoms in total. The summed E-state index contributed by atoms with van der Waals surface area (Å²) in [6.45, 7) is 2.96. The summed E-state index contributed by atoms with van der Waals surface area (Å²) in [5.74, 6) is 0. The number of likely N-dealkylation sites (N-methyl/N-ethyl adjacent to an activating group) is 1. The largest absolute Gasteiger partial charge is 0.387 e. The minimum atomic E-state index is -0.0972. The fourth-order valence-electron chi connectivity index (χ4n) is 0.907. The lowest BCUT2D eigenvalue weighted by molar-refractivity contribution is -0.861. The molecule has 0 radical (unpaired) electrons. The first-order valence-electron chi connectivity index (χ1n) is 3.64. The third-order valence-corrected chi connectivity index (χ3v) is 1.27. The SMILES string of the molecule is CCCC(O)C[NH+](C)C. The lowest BCUT2D eigenvalue weighted by Crippen LogP contribution is -3.07. The van der Waals surface area contributed by atoms with Crippen molar-refractivity contribution in [1.82, 2.24) is 0 Å². The molecule has 9 heavy (non-hydrogen) atoms. The van der Waals surface area contributed by atoms with E-state index in [-0.39, 0.29) is 6.10 Å². The number of rotatable bonds is 4. The molecule has 0 aliphatic heterocycles. The van der Waals surface area contributed by atoms with Gasteiger partial charge in [0, 0.05) is 0 Å². The van der Waals surface area contributed by atoms with E-state index in [0.717, 1.165) is 19.4 Å². The average molecular weight is 132 g/mol. The first kappa shape index (κ1) is 8.92. The number of hydrogen-bond acceptors (Lipinski definition) is 1. The second-order valence-corrected chi connectivity index (χ2v) is 2.85. The van der Waals surface area contributed by atoms with E-state index in [0.29, 0.717) is 0 Å². The molecule has 2 heteroatoms. The number of nitrogens with one attached hydrogen (secondary N) is 1. The standard InChI is InChI=1S/C7H17NO/c1-4-5-7(9)6-8(2)3/h7,9H,4-6H2,1-3H3/p+1. The van der Waals surface area contributed by atoms with Crippen LogP contribution in [-0.4, -0.2) is 31.9 Å². The third-order valence-electron chi connectivity index (χ3n) is 1.27. The monoisotopic (exact) mass is 132 g/mol. The predicted molar refractivity (Wildman–Crippen MR) is 38.6 cm³/mol. The molecule has 0 bridgehead atoms. The summed E-state index contributed by atoms with van der Waals surface area (Å²) in [6.07, 6.45) is 1.92. The maximum absolute atomic E-state index is 9.20. The molecule has 0 aliphatic carbocycles. The molecule has 0 saturated carbocycles. The van der Waals surface area contributed by atoms with Gasteiger partial charge in [-0.3, -0.25) is 0 Å². The van der Waals surface area contributed by atoms with E-state index < -0.39 is 0 Å². The lowest BCUT2D eigenvalue weighted by atomic mass is 10.2. The molecule has 1 unspecified atom stereocenters. The molecule has 0 saturated heterocycles. The van der Waals surface area contributed by atoms with Crippen LogP contribution in [0, 0.1) is 0 Å². The summed E-state index contributed by atoms with van der Waals surface area (Å²) >= 11 is 0. The van der Waals surface area contributed by atoms with Crippen molar-refractivity contribution in [2.45, 2.75) is 25.9 Å². The van der Waals surface area contributed by atoms with Gasteiger partial charge < -0.3 is 10.0 Å². The Labute approximate surface area is 57.5 Å². The number of quaternary nitrogens is 1. The molecule has 0 aromatic rings. The van der Waals surface area contributed by atoms with Crippen LogP contribution < -0.4 is 4.90 Å². The molecule has 0 aromatic carbocycles. The van der Waals surface area contributed by atoms with Crippen molar-refractivity contribution >= 4 is 0 Å². The van der Waals surface area contributed by atoms with Gasteiger partial charge in [0.15, 0.2) is 0 Å². The molecule has 0 spiro atoms. The van der Waals surface area contributed by atoms with Crippen LogP contribution in [0.25, 0.3) is 0 Å². The van der Waals surface area contributed by atoms with E-state index in [1.54, 1.807) is 0 Å². The van der Waals surface area contributed by atoms with Gasteiger partial charge in [-0.2, -0.15) is 0 Å². The highest BCUT2D eigenvalue weighted by Crippen LogP contribution is 1.91. The zero-order valence-electron chi connectivity index (χ0n) is 6.65. The van der Waals surface area contributed by atoms with Crippen LogP contribution in [0.2, 0.25) is 0 Å². The van der Waals surface area contributed by atoms with Crippen molar-refractivity contribution in [2.24, 2.45) is 0 Å². The van der Waals surface area contributed by atoms with E-state index in [2.05, 4.69) is 21.0 Å². The fourth-order valence-corrected chi connectivity index (χ4v) is 0.907. The van der Waals surface area contributed by atoms with Crippen LogP contribution in [-0.2, 0) is 0 Å². The fraction of sp³-hybridized carbons (Fsp3) is 1.00. The van der Waals surface area contributed by atoms with E-state index >= 15 is 0 Å². The van der Waals surface area contributed by atoms with Gasteiger partial charge in [0.1, 0.15) is 12.6 Å². The summed E-state index contributed by atoms with van der Waals surface area (Å²) in [7, 11) is 4.11. The van der Waals surface area contributed by atoms with Gasteiger partial charge in [0.05, 0.1) is 14.1 Å². The topological polar surface area (TPSA) is 24.7 Å². The highest BCUT2D eigenvalue weighted by Gasteiger charge is 2.04. The summed E-state index contributed by atoms with van der Waals surface area (Å²) in [5.41, 5.74) is 0. The molecule has 56 valence electrons. The molecular weight excluding hydrogens is 114 g/mol. The molecule has 1 atom stereocenters. The number of aliphatic hydroxyl groups is 1. The Kier molecular flexibility index (Phi) is 4.72. The van der Waals surface area contributed by atoms with Gasteiger partial charge in [0.25, 0.3) is 0 Å². The van der Waals surface area contributed by atoms with Crippen LogP contribution in [0.5, 0.6) is 0 Å². The molecule has 0 fully saturated rings. The first-order chi connectivity index (χ1) is 4.16. The van der Waals surface area contributed by atoms with Gasteiger partial charge in [-0.25, -0.2) is 0 Å². The van der Waals surface area contributed by atoms with Gasteiger partial charge in [0.2, 0.25) is 0 Å². The second-order valence-electron chi connectivity index (χ2n) is 2.85. The Hall–Kier alpha value is -0.0800. The summed E-state index contributed by atoms with van der Waals surface area (Å²) in [4.78, 5) is 1.32. The Morgan fingerprint density at radius 3 is 2.33 bits per heavy atom. The average Bonchev–Trinajstić information content (AvgIpc) is 1.63. The summed E-state index contributed by atoms with van der Waals surface area (Å²) in [5, 5.41) is 9.20. The quantitative estimate of drug-likeness (QED) is 0.519. The number of hydrogen-bond donors (Lipinski definition) is 2. The predicted octanol–water partition coefficient (Wildman–Crippen LogP) is -0.708. The lowest BCUT2D eigenvalue weighted by Gasteiger charge is -2.11. The highest BCUT2D eigenvalue weighted by molar-refractivity contribution is 4.48. The zero-order chi connectivity index (χ0) is 7.28. The van der Waals surface area contributed by atoms with Gasteiger partial charge in [-0.05, 0) is 6.42 Å². The molecule has 2 N–H and O–H groups in total. The van der Waals surface area contributed by atoms with E-state index in [4.69, 9.17) is 0 Å².